The molecule has 0 atom stereocenters. The fraction of sp³-hybridized carbons (Fsp3) is 0.100. The van der Waals surface area contributed by atoms with E-state index in [1.165, 1.54) is 4.90 Å². The molecular formula is C20H16N2O3S. The van der Waals surface area contributed by atoms with Crippen LogP contribution in [0.3, 0.4) is 0 Å². The zero-order chi connectivity index (χ0) is 18.3. The lowest BCUT2D eigenvalue weighted by atomic mass is 10.2. The van der Waals surface area contributed by atoms with Crippen molar-refractivity contribution in [1.82, 2.24) is 4.57 Å². The number of amides is 2. The van der Waals surface area contributed by atoms with Gasteiger partial charge in [-0.1, -0.05) is 36.9 Å². The van der Waals surface area contributed by atoms with Gasteiger partial charge in [0.25, 0.3) is 11.1 Å². The predicted octanol–water partition coefficient (Wildman–Crippen LogP) is 4.41. The average molecular weight is 364 g/mol. The van der Waals surface area contributed by atoms with Crippen molar-refractivity contribution in [3.8, 4) is 5.75 Å². The standard InChI is InChI=1S/C20H16N2O3S/c1-13-19(23)22(20(24)26-13)18-12-21(17-9-4-3-8-16(17)18)11-14-6-5-7-15(10-14)25-2/h3-10,12H,1,11H2,2H3. The number of anilines is 1. The summed E-state index contributed by atoms with van der Waals surface area (Å²) in [5, 5.41) is 0.539. The Bertz CT molecular complexity index is 1050. The number of imide groups is 1. The minimum Gasteiger partial charge on any atom is -0.497 e. The van der Waals surface area contributed by atoms with Crippen molar-refractivity contribution in [3.63, 3.8) is 0 Å². The number of para-hydroxylation sites is 1. The number of carbonyl (C=O) groups is 2. The van der Waals surface area contributed by atoms with E-state index in [0.29, 0.717) is 12.2 Å². The largest absolute Gasteiger partial charge is 0.497 e. The Morgan fingerprint density at radius 1 is 1.12 bits per heavy atom. The maximum Gasteiger partial charge on any atom is 0.298 e. The van der Waals surface area contributed by atoms with Crippen molar-refractivity contribution in [3.05, 3.63) is 71.8 Å². The molecule has 5 nitrogen and oxygen atoms in total. The Hall–Kier alpha value is -2.99. The topological polar surface area (TPSA) is 51.5 Å². The highest BCUT2D eigenvalue weighted by molar-refractivity contribution is 8.18. The van der Waals surface area contributed by atoms with Crippen LogP contribution in [-0.4, -0.2) is 22.8 Å². The van der Waals surface area contributed by atoms with Crippen molar-refractivity contribution >= 4 is 39.5 Å². The maximum atomic E-state index is 12.4. The summed E-state index contributed by atoms with van der Waals surface area (Å²) in [6.45, 7) is 4.26. The zero-order valence-corrected chi connectivity index (χ0v) is 15.0. The molecule has 26 heavy (non-hydrogen) atoms. The molecule has 0 unspecified atom stereocenters. The molecule has 6 heteroatoms. The first-order chi connectivity index (χ1) is 12.6. The van der Waals surface area contributed by atoms with E-state index in [0.717, 1.165) is 34.0 Å². The highest BCUT2D eigenvalue weighted by atomic mass is 32.2. The number of ether oxygens (including phenoxy) is 1. The molecule has 0 spiro atoms. The van der Waals surface area contributed by atoms with Gasteiger partial charge in [0, 0.05) is 18.1 Å². The van der Waals surface area contributed by atoms with E-state index in [1.807, 2.05) is 59.3 Å². The summed E-state index contributed by atoms with van der Waals surface area (Å²) in [4.78, 5) is 26.1. The van der Waals surface area contributed by atoms with Crippen LogP contribution in [0.5, 0.6) is 5.75 Å². The van der Waals surface area contributed by atoms with E-state index >= 15 is 0 Å². The number of aromatic nitrogens is 1. The Morgan fingerprint density at radius 2 is 1.92 bits per heavy atom. The molecule has 1 saturated heterocycles. The molecule has 2 heterocycles. The third-order valence-corrected chi connectivity index (χ3v) is 5.11. The van der Waals surface area contributed by atoms with Gasteiger partial charge in [-0.2, -0.15) is 0 Å². The van der Waals surface area contributed by atoms with Gasteiger partial charge in [0.1, 0.15) is 5.75 Å². The first-order valence-corrected chi connectivity index (χ1v) is 8.86. The zero-order valence-electron chi connectivity index (χ0n) is 14.1. The second-order valence-corrected chi connectivity index (χ2v) is 6.99. The Kier molecular flexibility index (Phi) is 4.05. The van der Waals surface area contributed by atoms with Crippen LogP contribution in [0, 0.1) is 0 Å². The minimum absolute atomic E-state index is 0.250. The van der Waals surface area contributed by atoms with Gasteiger partial charge in [-0.05, 0) is 35.5 Å². The Labute approximate surface area is 154 Å². The molecule has 1 fully saturated rings. The van der Waals surface area contributed by atoms with E-state index < -0.39 is 0 Å². The Morgan fingerprint density at radius 3 is 2.65 bits per heavy atom. The molecule has 2 amide bonds. The number of hydrogen-bond donors (Lipinski definition) is 0. The smallest absolute Gasteiger partial charge is 0.298 e. The number of fused-ring (bicyclic) bond motifs is 1. The van der Waals surface area contributed by atoms with Crippen molar-refractivity contribution < 1.29 is 14.3 Å². The number of carbonyl (C=O) groups excluding carboxylic acids is 2. The van der Waals surface area contributed by atoms with Gasteiger partial charge in [-0.3, -0.25) is 9.59 Å². The maximum absolute atomic E-state index is 12.4. The summed E-state index contributed by atoms with van der Waals surface area (Å²) in [5.74, 6) is 0.432. The number of methoxy groups -OCH3 is 1. The van der Waals surface area contributed by atoms with Crippen LogP contribution in [0.25, 0.3) is 10.9 Å². The minimum atomic E-state index is -0.357. The fourth-order valence-electron chi connectivity index (χ4n) is 3.11. The van der Waals surface area contributed by atoms with E-state index in [-0.39, 0.29) is 16.1 Å². The van der Waals surface area contributed by atoms with Crippen molar-refractivity contribution in [1.29, 1.82) is 0 Å². The SMILES string of the molecule is C=C1SC(=O)N(c2cn(Cc3cccc(OC)c3)c3ccccc23)C1=O. The molecule has 0 radical (unpaired) electrons. The molecule has 3 aromatic rings. The molecule has 0 saturated carbocycles. The van der Waals surface area contributed by atoms with Crippen LogP contribution < -0.4 is 9.64 Å². The highest BCUT2D eigenvalue weighted by Gasteiger charge is 2.36. The van der Waals surface area contributed by atoms with Crippen LogP contribution in [0.1, 0.15) is 5.56 Å². The van der Waals surface area contributed by atoms with Gasteiger partial charge >= 0.3 is 0 Å². The summed E-state index contributed by atoms with van der Waals surface area (Å²) in [7, 11) is 1.64. The van der Waals surface area contributed by atoms with Gasteiger partial charge in [-0.15, -0.1) is 0 Å². The van der Waals surface area contributed by atoms with Gasteiger partial charge in [0.05, 0.1) is 23.2 Å². The average Bonchev–Trinajstić information content (AvgIpc) is 3.12. The Balaban J connectivity index is 1.80. The first kappa shape index (κ1) is 16.5. The molecule has 4 rings (SSSR count). The lowest BCUT2D eigenvalue weighted by Crippen LogP contribution is -2.27. The van der Waals surface area contributed by atoms with Crippen LogP contribution in [0.2, 0.25) is 0 Å². The molecule has 1 aliphatic rings. The number of nitrogens with zero attached hydrogens (tertiary/aromatic N) is 2. The number of thioether (sulfide) groups is 1. The van der Waals surface area contributed by atoms with Gasteiger partial charge in [0.15, 0.2) is 0 Å². The summed E-state index contributed by atoms with van der Waals surface area (Å²) < 4.78 is 7.32. The van der Waals surface area contributed by atoms with E-state index in [1.54, 1.807) is 7.11 Å². The number of rotatable bonds is 4. The monoisotopic (exact) mass is 364 g/mol. The molecule has 0 aliphatic carbocycles. The normalized spacial score (nSPS) is 14.5. The lowest BCUT2D eigenvalue weighted by Gasteiger charge is -2.10. The summed E-state index contributed by atoms with van der Waals surface area (Å²) >= 11 is 0.875. The van der Waals surface area contributed by atoms with E-state index in [9.17, 15) is 9.59 Å². The number of benzene rings is 2. The van der Waals surface area contributed by atoms with Crippen molar-refractivity contribution in [2.75, 3.05) is 12.0 Å². The molecule has 130 valence electrons. The van der Waals surface area contributed by atoms with Crippen LogP contribution >= 0.6 is 11.8 Å². The quantitative estimate of drug-likeness (QED) is 0.644. The summed E-state index contributed by atoms with van der Waals surface area (Å²) in [5.41, 5.74) is 2.60. The molecule has 1 aromatic heterocycles. The van der Waals surface area contributed by atoms with Crippen molar-refractivity contribution in [2.24, 2.45) is 0 Å². The van der Waals surface area contributed by atoms with E-state index in [4.69, 9.17) is 4.74 Å². The van der Waals surface area contributed by atoms with Crippen LogP contribution in [0.15, 0.2) is 66.2 Å². The lowest BCUT2D eigenvalue weighted by molar-refractivity contribution is -0.113. The van der Waals surface area contributed by atoms with Gasteiger partial charge in [-0.25, -0.2) is 4.90 Å². The summed E-state index contributed by atoms with van der Waals surface area (Å²) in [6, 6.07) is 15.6. The highest BCUT2D eigenvalue weighted by Crippen LogP contribution is 2.38. The molecule has 0 N–H and O–H groups in total. The first-order valence-electron chi connectivity index (χ1n) is 8.04. The molecule has 1 aliphatic heterocycles. The molecule has 2 aromatic carbocycles. The summed E-state index contributed by atoms with van der Waals surface area (Å²) in [6.07, 6.45) is 1.85. The fourth-order valence-corrected chi connectivity index (χ4v) is 3.78. The second-order valence-electron chi connectivity index (χ2n) is 5.94. The second kappa shape index (κ2) is 6.38. The predicted molar refractivity (Wildman–Crippen MR) is 104 cm³/mol. The van der Waals surface area contributed by atoms with E-state index in [2.05, 4.69) is 6.58 Å². The third-order valence-electron chi connectivity index (χ3n) is 4.33. The third kappa shape index (κ3) is 2.68. The van der Waals surface area contributed by atoms with Crippen LogP contribution in [0.4, 0.5) is 10.5 Å². The number of hydrogen-bond acceptors (Lipinski definition) is 4. The van der Waals surface area contributed by atoms with Gasteiger partial charge < -0.3 is 9.30 Å². The van der Waals surface area contributed by atoms with Crippen molar-refractivity contribution in [2.45, 2.75) is 6.54 Å². The molecule has 0 bridgehead atoms. The van der Waals surface area contributed by atoms with Gasteiger partial charge in [0.2, 0.25) is 0 Å². The van der Waals surface area contributed by atoms with Crippen LogP contribution in [-0.2, 0) is 11.3 Å². The molecular weight excluding hydrogens is 348 g/mol.